The van der Waals surface area contributed by atoms with Gasteiger partial charge >= 0.3 is 5.97 Å². The molecule has 2 aromatic rings. The van der Waals surface area contributed by atoms with Gasteiger partial charge in [-0.2, -0.15) is 0 Å². The highest BCUT2D eigenvalue weighted by Gasteiger charge is 2.23. The number of Topliss-reactive ketones (excluding diaryl/α,β-unsaturated/α-hetero) is 1. The van der Waals surface area contributed by atoms with Crippen LogP contribution in [-0.2, 0) is 4.74 Å². The molecule has 1 aliphatic rings. The number of methoxy groups -OCH3 is 3. The molecule has 6 nitrogen and oxygen atoms in total. The standard InChI is InChI=1S/C24H28O6/c1-27-21-14-13-19(22(28-2)23(21)29-3)24(26)30-15-20(25)18-11-9-17(10-12-18)16-7-5-4-6-8-16/h9-14,16H,4-8,15H2,1-3H3. The number of ether oxygens (including phenoxy) is 4. The van der Waals surface area contributed by atoms with Crippen LogP contribution in [0.3, 0.4) is 0 Å². The zero-order valence-corrected chi connectivity index (χ0v) is 17.7. The summed E-state index contributed by atoms with van der Waals surface area (Å²) in [6.07, 6.45) is 6.25. The Bertz CT molecular complexity index is 881. The number of benzene rings is 2. The van der Waals surface area contributed by atoms with E-state index in [9.17, 15) is 9.59 Å². The van der Waals surface area contributed by atoms with Crippen LogP contribution in [0.25, 0.3) is 0 Å². The molecule has 0 heterocycles. The Balaban J connectivity index is 1.65. The van der Waals surface area contributed by atoms with E-state index in [1.807, 2.05) is 24.3 Å². The molecule has 2 aromatic carbocycles. The molecule has 1 saturated carbocycles. The normalized spacial score (nSPS) is 14.1. The molecule has 30 heavy (non-hydrogen) atoms. The second-order valence-electron chi connectivity index (χ2n) is 7.34. The van der Waals surface area contributed by atoms with Crippen LogP contribution in [0, 0.1) is 0 Å². The molecular weight excluding hydrogens is 384 g/mol. The second-order valence-corrected chi connectivity index (χ2v) is 7.34. The molecule has 0 saturated heterocycles. The first kappa shape index (κ1) is 21.7. The lowest BCUT2D eigenvalue weighted by Crippen LogP contribution is -2.15. The van der Waals surface area contributed by atoms with Crippen LogP contribution in [0.4, 0.5) is 0 Å². The smallest absolute Gasteiger partial charge is 0.342 e. The van der Waals surface area contributed by atoms with Gasteiger partial charge in [-0.3, -0.25) is 4.79 Å². The predicted octanol–water partition coefficient (Wildman–Crippen LogP) is 4.80. The lowest BCUT2D eigenvalue weighted by molar-refractivity contribution is 0.0471. The summed E-state index contributed by atoms with van der Waals surface area (Å²) < 4.78 is 21.0. The molecule has 0 amide bonds. The Morgan fingerprint density at radius 1 is 0.833 bits per heavy atom. The first-order valence-corrected chi connectivity index (χ1v) is 10.2. The largest absolute Gasteiger partial charge is 0.493 e. The zero-order chi connectivity index (χ0) is 21.5. The fraction of sp³-hybridized carbons (Fsp3) is 0.417. The molecule has 0 aromatic heterocycles. The third-order valence-corrected chi connectivity index (χ3v) is 5.57. The molecular formula is C24H28O6. The molecule has 3 rings (SSSR count). The number of ketones is 1. The highest BCUT2D eigenvalue weighted by atomic mass is 16.5. The summed E-state index contributed by atoms with van der Waals surface area (Å²) in [5.41, 5.74) is 1.97. The van der Waals surface area contributed by atoms with Crippen LogP contribution in [0.15, 0.2) is 36.4 Å². The van der Waals surface area contributed by atoms with Crippen molar-refractivity contribution in [3.8, 4) is 17.2 Å². The fourth-order valence-electron chi connectivity index (χ4n) is 3.93. The summed E-state index contributed by atoms with van der Waals surface area (Å²) in [5.74, 6) is 0.585. The van der Waals surface area contributed by atoms with Gasteiger partial charge in [-0.05, 0) is 36.5 Å². The van der Waals surface area contributed by atoms with E-state index >= 15 is 0 Å². The van der Waals surface area contributed by atoms with Crippen molar-refractivity contribution in [2.75, 3.05) is 27.9 Å². The van der Waals surface area contributed by atoms with E-state index in [2.05, 4.69) is 0 Å². The summed E-state index contributed by atoms with van der Waals surface area (Å²) in [7, 11) is 4.37. The van der Waals surface area contributed by atoms with Crippen LogP contribution in [-0.4, -0.2) is 39.7 Å². The SMILES string of the molecule is COc1ccc(C(=O)OCC(=O)c2ccc(C3CCCCC3)cc2)c(OC)c1OC. The van der Waals surface area contributed by atoms with Crippen molar-refractivity contribution in [3.63, 3.8) is 0 Å². The van der Waals surface area contributed by atoms with E-state index in [0.717, 1.165) is 0 Å². The quantitative estimate of drug-likeness (QED) is 0.458. The number of hydrogen-bond donors (Lipinski definition) is 0. The van der Waals surface area contributed by atoms with Gasteiger partial charge in [0.05, 0.1) is 21.3 Å². The number of rotatable bonds is 8. The monoisotopic (exact) mass is 412 g/mol. The van der Waals surface area contributed by atoms with E-state index < -0.39 is 5.97 Å². The highest BCUT2D eigenvalue weighted by molar-refractivity contribution is 6.00. The lowest BCUT2D eigenvalue weighted by atomic mass is 9.84. The number of carbonyl (C=O) groups is 2. The van der Waals surface area contributed by atoms with E-state index in [1.54, 1.807) is 6.07 Å². The minimum atomic E-state index is -0.667. The van der Waals surface area contributed by atoms with Crippen LogP contribution >= 0.6 is 0 Å². The first-order valence-electron chi connectivity index (χ1n) is 10.2. The van der Waals surface area contributed by atoms with Crippen molar-refractivity contribution in [3.05, 3.63) is 53.1 Å². The van der Waals surface area contributed by atoms with Crippen LogP contribution in [0.5, 0.6) is 17.2 Å². The van der Waals surface area contributed by atoms with Crippen LogP contribution in [0.1, 0.15) is 64.3 Å². The second kappa shape index (κ2) is 10.1. The van der Waals surface area contributed by atoms with Crippen molar-refractivity contribution in [2.24, 2.45) is 0 Å². The van der Waals surface area contributed by atoms with Gasteiger partial charge in [-0.1, -0.05) is 43.5 Å². The third-order valence-electron chi connectivity index (χ3n) is 5.57. The Morgan fingerprint density at radius 3 is 2.10 bits per heavy atom. The third kappa shape index (κ3) is 4.75. The molecule has 0 N–H and O–H groups in total. The Hall–Kier alpha value is -3.02. The maximum Gasteiger partial charge on any atom is 0.342 e. The van der Waals surface area contributed by atoms with Crippen molar-refractivity contribution < 1.29 is 28.5 Å². The van der Waals surface area contributed by atoms with Gasteiger partial charge in [0, 0.05) is 5.56 Å². The summed E-state index contributed by atoms with van der Waals surface area (Å²) >= 11 is 0. The molecule has 0 bridgehead atoms. The molecule has 1 fully saturated rings. The Kier molecular flexibility index (Phi) is 7.33. The molecule has 6 heteroatoms. The fourth-order valence-corrected chi connectivity index (χ4v) is 3.93. The van der Waals surface area contributed by atoms with Gasteiger partial charge in [-0.15, -0.1) is 0 Å². The average molecular weight is 412 g/mol. The summed E-state index contributed by atoms with van der Waals surface area (Å²) in [6.45, 7) is -0.348. The van der Waals surface area contributed by atoms with Crippen molar-refractivity contribution in [2.45, 2.75) is 38.0 Å². The van der Waals surface area contributed by atoms with Crippen LogP contribution in [0.2, 0.25) is 0 Å². The van der Waals surface area contributed by atoms with Gasteiger partial charge in [0.1, 0.15) is 5.56 Å². The first-order chi connectivity index (χ1) is 14.6. The molecule has 0 radical (unpaired) electrons. The molecule has 160 valence electrons. The van der Waals surface area contributed by atoms with Gasteiger partial charge in [0.15, 0.2) is 23.9 Å². The molecule has 1 aliphatic carbocycles. The number of carbonyl (C=O) groups excluding carboxylic acids is 2. The van der Waals surface area contributed by atoms with E-state index in [4.69, 9.17) is 18.9 Å². The minimum absolute atomic E-state index is 0.163. The maximum atomic E-state index is 12.5. The Morgan fingerprint density at radius 2 is 1.50 bits per heavy atom. The van der Waals surface area contributed by atoms with E-state index in [-0.39, 0.29) is 23.7 Å². The van der Waals surface area contributed by atoms with Gasteiger partial charge in [0.25, 0.3) is 0 Å². The van der Waals surface area contributed by atoms with E-state index in [0.29, 0.717) is 23.0 Å². The molecule has 0 atom stereocenters. The lowest BCUT2D eigenvalue weighted by Gasteiger charge is -2.22. The maximum absolute atomic E-state index is 12.5. The molecule has 0 spiro atoms. The van der Waals surface area contributed by atoms with Gasteiger partial charge in [-0.25, -0.2) is 4.79 Å². The van der Waals surface area contributed by atoms with Crippen molar-refractivity contribution in [1.82, 2.24) is 0 Å². The average Bonchev–Trinajstić information content (AvgIpc) is 2.81. The summed E-state index contributed by atoms with van der Waals surface area (Å²) in [4.78, 5) is 25.0. The number of hydrogen-bond acceptors (Lipinski definition) is 6. The van der Waals surface area contributed by atoms with E-state index in [1.165, 1.54) is 65.1 Å². The summed E-state index contributed by atoms with van der Waals surface area (Å²) in [6, 6.07) is 10.8. The van der Waals surface area contributed by atoms with Gasteiger partial charge < -0.3 is 18.9 Å². The molecule has 0 unspecified atom stereocenters. The number of esters is 1. The zero-order valence-electron chi connectivity index (χ0n) is 17.7. The van der Waals surface area contributed by atoms with Crippen molar-refractivity contribution in [1.29, 1.82) is 0 Å². The Labute approximate surface area is 177 Å². The predicted molar refractivity (Wildman–Crippen MR) is 113 cm³/mol. The molecule has 0 aliphatic heterocycles. The highest BCUT2D eigenvalue weighted by Crippen LogP contribution is 2.40. The minimum Gasteiger partial charge on any atom is -0.493 e. The summed E-state index contributed by atoms with van der Waals surface area (Å²) in [5, 5.41) is 0. The van der Waals surface area contributed by atoms with Crippen LogP contribution < -0.4 is 14.2 Å². The van der Waals surface area contributed by atoms with Gasteiger partial charge in [0.2, 0.25) is 5.75 Å². The van der Waals surface area contributed by atoms with Crippen molar-refractivity contribution >= 4 is 11.8 Å². The topological polar surface area (TPSA) is 71.1 Å².